The summed E-state index contributed by atoms with van der Waals surface area (Å²) >= 11 is 0. The molecule has 2 aromatic heterocycles. The molecule has 4 aromatic rings. The summed E-state index contributed by atoms with van der Waals surface area (Å²) in [5.74, 6) is -1.69. The first-order valence-corrected chi connectivity index (χ1v) is 11.0. The van der Waals surface area contributed by atoms with E-state index in [-0.39, 0.29) is 12.1 Å². The Labute approximate surface area is 194 Å². The van der Waals surface area contributed by atoms with E-state index in [1.54, 1.807) is 10.9 Å². The predicted octanol–water partition coefficient (Wildman–Crippen LogP) is 2.86. The standard InChI is InChI=1S/C24H23F2N7O/c25-20-7-6-17(14-21(20)26)24(34)27-8-9-33-23-19(15-30-33)22(28-16-29-23)32-12-10-31(11-13-32)18-4-2-1-3-5-18/h1-7,14-16H,8-13H2,(H,27,34). The minimum Gasteiger partial charge on any atom is -0.368 e. The fourth-order valence-corrected chi connectivity index (χ4v) is 4.13. The molecule has 0 atom stereocenters. The van der Waals surface area contributed by atoms with Gasteiger partial charge in [-0.25, -0.2) is 23.4 Å². The van der Waals surface area contributed by atoms with Gasteiger partial charge in [0.05, 0.1) is 18.1 Å². The lowest BCUT2D eigenvalue weighted by Gasteiger charge is -2.36. The molecular formula is C24H23F2N7O. The van der Waals surface area contributed by atoms with Crippen LogP contribution in [0.4, 0.5) is 20.3 Å². The van der Waals surface area contributed by atoms with Crippen LogP contribution in [0.15, 0.2) is 61.1 Å². The van der Waals surface area contributed by atoms with Gasteiger partial charge in [-0.3, -0.25) is 4.79 Å². The Hall–Kier alpha value is -4.08. The molecule has 1 aliphatic heterocycles. The Morgan fingerprint density at radius 1 is 0.941 bits per heavy atom. The Morgan fingerprint density at radius 2 is 1.71 bits per heavy atom. The summed E-state index contributed by atoms with van der Waals surface area (Å²) in [6.45, 7) is 4.06. The summed E-state index contributed by atoms with van der Waals surface area (Å²) in [6.07, 6.45) is 3.27. The highest BCUT2D eigenvalue weighted by Crippen LogP contribution is 2.25. The third kappa shape index (κ3) is 4.39. The monoisotopic (exact) mass is 463 g/mol. The van der Waals surface area contributed by atoms with Crippen molar-refractivity contribution in [1.29, 1.82) is 0 Å². The fourth-order valence-electron chi connectivity index (χ4n) is 4.13. The normalized spacial score (nSPS) is 13.9. The molecule has 0 aliphatic carbocycles. The van der Waals surface area contributed by atoms with Gasteiger partial charge in [0.1, 0.15) is 12.1 Å². The average molecular weight is 463 g/mol. The molecule has 10 heteroatoms. The summed E-state index contributed by atoms with van der Waals surface area (Å²) in [7, 11) is 0. The Kier molecular flexibility index (Phi) is 6.03. The number of amides is 1. The number of aromatic nitrogens is 4. The van der Waals surface area contributed by atoms with Crippen LogP contribution in [0.3, 0.4) is 0 Å². The van der Waals surface area contributed by atoms with Crippen molar-refractivity contribution < 1.29 is 13.6 Å². The largest absolute Gasteiger partial charge is 0.368 e. The van der Waals surface area contributed by atoms with Gasteiger partial charge in [-0.05, 0) is 30.3 Å². The highest BCUT2D eigenvalue weighted by molar-refractivity contribution is 5.94. The van der Waals surface area contributed by atoms with Gasteiger partial charge < -0.3 is 15.1 Å². The van der Waals surface area contributed by atoms with Crippen LogP contribution in [0.5, 0.6) is 0 Å². The molecule has 0 unspecified atom stereocenters. The summed E-state index contributed by atoms with van der Waals surface area (Å²) < 4.78 is 28.1. The van der Waals surface area contributed by atoms with Crippen molar-refractivity contribution in [2.75, 3.05) is 42.5 Å². The second-order valence-corrected chi connectivity index (χ2v) is 8.00. The lowest BCUT2D eigenvalue weighted by molar-refractivity contribution is 0.0951. The van der Waals surface area contributed by atoms with Crippen LogP contribution < -0.4 is 15.1 Å². The number of nitrogens with one attached hydrogen (secondary N) is 1. The number of para-hydroxylation sites is 1. The minimum atomic E-state index is -1.06. The highest BCUT2D eigenvalue weighted by atomic mass is 19.2. The SMILES string of the molecule is O=C(NCCn1ncc2c(N3CCN(c4ccccc4)CC3)ncnc21)c1ccc(F)c(F)c1. The van der Waals surface area contributed by atoms with E-state index in [1.807, 2.05) is 18.2 Å². The molecule has 3 heterocycles. The van der Waals surface area contributed by atoms with Crippen molar-refractivity contribution >= 4 is 28.4 Å². The molecule has 1 aliphatic rings. The third-order valence-electron chi connectivity index (χ3n) is 5.90. The first-order chi connectivity index (χ1) is 16.6. The molecule has 5 rings (SSSR count). The molecule has 1 N–H and O–H groups in total. The van der Waals surface area contributed by atoms with Gasteiger partial charge in [-0.2, -0.15) is 5.10 Å². The first kappa shape index (κ1) is 21.7. The van der Waals surface area contributed by atoms with Crippen molar-refractivity contribution in [1.82, 2.24) is 25.1 Å². The van der Waals surface area contributed by atoms with Crippen LogP contribution in [-0.4, -0.2) is 58.4 Å². The van der Waals surface area contributed by atoms with Crippen LogP contribution in [0.2, 0.25) is 0 Å². The second kappa shape index (κ2) is 9.42. The summed E-state index contributed by atoms with van der Waals surface area (Å²) in [5.41, 5.74) is 1.95. The Bertz CT molecular complexity index is 1300. The molecule has 1 saturated heterocycles. The molecule has 34 heavy (non-hydrogen) atoms. The molecule has 0 bridgehead atoms. The Balaban J connectivity index is 1.23. The minimum absolute atomic E-state index is 0.0588. The van der Waals surface area contributed by atoms with E-state index in [4.69, 9.17) is 0 Å². The number of benzene rings is 2. The van der Waals surface area contributed by atoms with Crippen molar-refractivity contribution in [3.05, 3.63) is 78.3 Å². The summed E-state index contributed by atoms with van der Waals surface area (Å²) in [6, 6.07) is 13.4. The van der Waals surface area contributed by atoms with E-state index in [2.05, 4.69) is 42.3 Å². The quantitative estimate of drug-likeness (QED) is 0.474. The Morgan fingerprint density at radius 3 is 2.47 bits per heavy atom. The highest BCUT2D eigenvalue weighted by Gasteiger charge is 2.21. The van der Waals surface area contributed by atoms with Crippen LogP contribution in [0.1, 0.15) is 10.4 Å². The summed E-state index contributed by atoms with van der Waals surface area (Å²) in [4.78, 5) is 25.7. The van der Waals surface area contributed by atoms with E-state index in [9.17, 15) is 13.6 Å². The van der Waals surface area contributed by atoms with Crippen molar-refractivity contribution in [3.63, 3.8) is 0 Å². The van der Waals surface area contributed by atoms with Crippen LogP contribution in [0.25, 0.3) is 11.0 Å². The number of hydrogen-bond donors (Lipinski definition) is 1. The van der Waals surface area contributed by atoms with Gasteiger partial charge >= 0.3 is 0 Å². The number of rotatable bonds is 6. The van der Waals surface area contributed by atoms with E-state index in [1.165, 1.54) is 18.1 Å². The number of anilines is 2. The number of fused-ring (bicyclic) bond motifs is 1. The molecule has 1 fully saturated rings. The van der Waals surface area contributed by atoms with Crippen molar-refractivity contribution in [3.8, 4) is 0 Å². The molecular weight excluding hydrogens is 440 g/mol. The van der Waals surface area contributed by atoms with Crippen LogP contribution in [-0.2, 0) is 6.54 Å². The molecule has 2 aromatic carbocycles. The number of piperazine rings is 1. The molecule has 0 spiro atoms. The number of carbonyl (C=O) groups excluding carboxylic acids is 1. The van der Waals surface area contributed by atoms with Gasteiger partial charge in [0, 0.05) is 44.0 Å². The maximum atomic E-state index is 13.4. The van der Waals surface area contributed by atoms with Crippen LogP contribution in [0, 0.1) is 11.6 Å². The van der Waals surface area contributed by atoms with Crippen molar-refractivity contribution in [2.24, 2.45) is 0 Å². The number of carbonyl (C=O) groups is 1. The number of hydrogen-bond acceptors (Lipinski definition) is 6. The predicted molar refractivity (Wildman–Crippen MR) is 125 cm³/mol. The summed E-state index contributed by atoms with van der Waals surface area (Å²) in [5, 5.41) is 7.97. The van der Waals surface area contributed by atoms with E-state index < -0.39 is 17.5 Å². The maximum absolute atomic E-state index is 13.4. The fraction of sp³-hybridized carbons (Fsp3) is 0.250. The molecule has 1 amide bonds. The molecule has 8 nitrogen and oxygen atoms in total. The second-order valence-electron chi connectivity index (χ2n) is 8.00. The number of nitrogens with zero attached hydrogens (tertiary/aromatic N) is 6. The lowest BCUT2D eigenvalue weighted by Crippen LogP contribution is -2.46. The lowest BCUT2D eigenvalue weighted by atomic mass is 10.2. The van der Waals surface area contributed by atoms with Gasteiger partial charge in [0.2, 0.25) is 0 Å². The zero-order valence-corrected chi connectivity index (χ0v) is 18.4. The smallest absolute Gasteiger partial charge is 0.251 e. The molecule has 0 radical (unpaired) electrons. The zero-order valence-electron chi connectivity index (χ0n) is 18.4. The molecule has 0 saturated carbocycles. The van der Waals surface area contributed by atoms with Crippen molar-refractivity contribution in [2.45, 2.75) is 6.54 Å². The average Bonchev–Trinajstić information content (AvgIpc) is 3.29. The molecule has 174 valence electrons. The topological polar surface area (TPSA) is 79.2 Å². The van der Waals surface area contributed by atoms with E-state index >= 15 is 0 Å². The zero-order chi connectivity index (χ0) is 23.5. The van der Waals surface area contributed by atoms with E-state index in [0.29, 0.717) is 12.2 Å². The van der Waals surface area contributed by atoms with Gasteiger partial charge in [-0.1, -0.05) is 18.2 Å². The van der Waals surface area contributed by atoms with Crippen LogP contribution >= 0.6 is 0 Å². The van der Waals surface area contributed by atoms with Gasteiger partial charge in [-0.15, -0.1) is 0 Å². The van der Waals surface area contributed by atoms with E-state index in [0.717, 1.165) is 49.5 Å². The maximum Gasteiger partial charge on any atom is 0.251 e. The van der Waals surface area contributed by atoms with Gasteiger partial charge in [0.25, 0.3) is 5.91 Å². The van der Waals surface area contributed by atoms with Gasteiger partial charge in [0.15, 0.2) is 17.3 Å². The number of halogens is 2. The first-order valence-electron chi connectivity index (χ1n) is 11.0. The third-order valence-corrected chi connectivity index (χ3v) is 5.90.